The molecule has 1 nitrogen and oxygen atoms in total. The van der Waals surface area contributed by atoms with E-state index in [0.717, 1.165) is 0 Å². The Bertz CT molecular complexity index is 462. The standard InChI is InChI=1S/C14H15NS/c1-11-4-2-3-5-14(11)16-13-8-6-12(10-15)7-9-13/h2-9H,10,15H2,1H3. The molecule has 82 valence electrons. The third kappa shape index (κ3) is 2.65. The molecule has 2 heteroatoms. The van der Waals surface area contributed by atoms with E-state index < -0.39 is 0 Å². The van der Waals surface area contributed by atoms with Crippen LogP contribution < -0.4 is 5.73 Å². The third-order valence-electron chi connectivity index (χ3n) is 2.48. The predicted molar refractivity (Wildman–Crippen MR) is 69.6 cm³/mol. The van der Waals surface area contributed by atoms with Crippen LogP contribution in [0.4, 0.5) is 0 Å². The van der Waals surface area contributed by atoms with Gasteiger partial charge in [-0.25, -0.2) is 0 Å². The summed E-state index contributed by atoms with van der Waals surface area (Å²) < 4.78 is 0. The number of hydrogen-bond acceptors (Lipinski definition) is 2. The molecular weight excluding hydrogens is 214 g/mol. The molecule has 0 atom stereocenters. The summed E-state index contributed by atoms with van der Waals surface area (Å²) in [6, 6.07) is 16.8. The van der Waals surface area contributed by atoms with E-state index in [4.69, 9.17) is 5.73 Å². The van der Waals surface area contributed by atoms with Crippen LogP contribution in [0.5, 0.6) is 0 Å². The number of nitrogens with two attached hydrogens (primary N) is 1. The van der Waals surface area contributed by atoms with Crippen LogP contribution in [0.1, 0.15) is 11.1 Å². The zero-order valence-electron chi connectivity index (χ0n) is 9.31. The fraction of sp³-hybridized carbons (Fsp3) is 0.143. The summed E-state index contributed by atoms with van der Waals surface area (Å²) in [4.78, 5) is 2.56. The monoisotopic (exact) mass is 229 g/mol. The molecule has 0 saturated heterocycles. The van der Waals surface area contributed by atoms with Gasteiger partial charge in [-0.05, 0) is 36.2 Å². The van der Waals surface area contributed by atoms with Crippen LogP contribution in [0.2, 0.25) is 0 Å². The quantitative estimate of drug-likeness (QED) is 0.870. The number of benzene rings is 2. The molecule has 2 N–H and O–H groups in total. The Morgan fingerprint density at radius 1 is 1.00 bits per heavy atom. The molecule has 0 aliphatic carbocycles. The molecule has 0 aromatic heterocycles. The first kappa shape index (κ1) is 11.2. The first-order chi connectivity index (χ1) is 7.79. The van der Waals surface area contributed by atoms with E-state index in [1.807, 2.05) is 0 Å². The lowest BCUT2D eigenvalue weighted by atomic mass is 10.2. The molecule has 2 aromatic carbocycles. The van der Waals surface area contributed by atoms with Gasteiger partial charge in [-0.2, -0.15) is 0 Å². The Morgan fingerprint density at radius 2 is 1.69 bits per heavy atom. The van der Waals surface area contributed by atoms with Gasteiger partial charge in [0.1, 0.15) is 0 Å². The lowest BCUT2D eigenvalue weighted by Gasteiger charge is -2.05. The SMILES string of the molecule is Cc1ccccc1Sc1ccc(CN)cc1. The van der Waals surface area contributed by atoms with Gasteiger partial charge in [0.05, 0.1) is 0 Å². The normalized spacial score (nSPS) is 10.4. The highest BCUT2D eigenvalue weighted by Crippen LogP contribution is 2.29. The Balaban J connectivity index is 2.18. The molecule has 0 spiro atoms. The molecule has 0 heterocycles. The minimum atomic E-state index is 0.606. The average Bonchev–Trinajstić information content (AvgIpc) is 2.33. The van der Waals surface area contributed by atoms with Crippen LogP contribution >= 0.6 is 11.8 Å². The number of aryl methyl sites for hydroxylation is 1. The molecule has 0 radical (unpaired) electrons. The van der Waals surface area contributed by atoms with Gasteiger partial charge >= 0.3 is 0 Å². The largest absolute Gasteiger partial charge is 0.326 e. The fourth-order valence-corrected chi connectivity index (χ4v) is 2.39. The van der Waals surface area contributed by atoms with Gasteiger partial charge in [0.25, 0.3) is 0 Å². The van der Waals surface area contributed by atoms with Crippen LogP contribution in [-0.2, 0) is 6.54 Å². The summed E-state index contributed by atoms with van der Waals surface area (Å²) in [6.07, 6.45) is 0. The molecule has 0 aliphatic rings. The Morgan fingerprint density at radius 3 is 2.31 bits per heavy atom. The molecule has 0 amide bonds. The van der Waals surface area contributed by atoms with Gasteiger partial charge in [0, 0.05) is 16.3 Å². The van der Waals surface area contributed by atoms with Gasteiger partial charge < -0.3 is 5.73 Å². The van der Waals surface area contributed by atoms with E-state index >= 15 is 0 Å². The zero-order valence-corrected chi connectivity index (χ0v) is 10.1. The van der Waals surface area contributed by atoms with Crippen molar-refractivity contribution < 1.29 is 0 Å². The Kier molecular flexibility index (Phi) is 3.65. The minimum absolute atomic E-state index is 0.606. The van der Waals surface area contributed by atoms with Crippen LogP contribution in [0.25, 0.3) is 0 Å². The van der Waals surface area contributed by atoms with E-state index in [1.165, 1.54) is 20.9 Å². The minimum Gasteiger partial charge on any atom is -0.326 e. The lowest BCUT2D eigenvalue weighted by molar-refractivity contribution is 1.07. The van der Waals surface area contributed by atoms with Crippen molar-refractivity contribution in [3.8, 4) is 0 Å². The van der Waals surface area contributed by atoms with Crippen molar-refractivity contribution in [2.45, 2.75) is 23.3 Å². The Hall–Kier alpha value is -1.25. The van der Waals surface area contributed by atoms with Crippen LogP contribution in [0.15, 0.2) is 58.3 Å². The molecule has 16 heavy (non-hydrogen) atoms. The van der Waals surface area contributed by atoms with Crippen molar-refractivity contribution in [3.05, 3.63) is 59.7 Å². The van der Waals surface area contributed by atoms with Gasteiger partial charge in [-0.15, -0.1) is 0 Å². The van der Waals surface area contributed by atoms with Gasteiger partial charge in [-0.3, -0.25) is 0 Å². The molecule has 2 aromatic rings. The predicted octanol–water partition coefficient (Wildman–Crippen LogP) is 3.60. The smallest absolute Gasteiger partial charge is 0.0178 e. The molecule has 2 rings (SSSR count). The highest BCUT2D eigenvalue weighted by atomic mass is 32.2. The highest BCUT2D eigenvalue weighted by molar-refractivity contribution is 7.99. The zero-order chi connectivity index (χ0) is 11.4. The first-order valence-electron chi connectivity index (χ1n) is 5.32. The number of hydrogen-bond donors (Lipinski definition) is 1. The number of rotatable bonds is 3. The van der Waals surface area contributed by atoms with Crippen molar-refractivity contribution >= 4 is 11.8 Å². The van der Waals surface area contributed by atoms with E-state index in [2.05, 4.69) is 55.5 Å². The van der Waals surface area contributed by atoms with Crippen LogP contribution in [-0.4, -0.2) is 0 Å². The van der Waals surface area contributed by atoms with Gasteiger partial charge in [0.2, 0.25) is 0 Å². The Labute approximate surface area is 101 Å². The molecule has 0 aliphatic heterocycles. The van der Waals surface area contributed by atoms with E-state index in [0.29, 0.717) is 6.54 Å². The first-order valence-corrected chi connectivity index (χ1v) is 6.14. The van der Waals surface area contributed by atoms with E-state index in [-0.39, 0.29) is 0 Å². The maximum Gasteiger partial charge on any atom is 0.0178 e. The van der Waals surface area contributed by atoms with Gasteiger partial charge in [0.15, 0.2) is 0 Å². The lowest BCUT2D eigenvalue weighted by Crippen LogP contribution is -1.94. The second-order valence-electron chi connectivity index (χ2n) is 3.72. The van der Waals surface area contributed by atoms with Crippen molar-refractivity contribution in [3.63, 3.8) is 0 Å². The van der Waals surface area contributed by atoms with E-state index in [9.17, 15) is 0 Å². The summed E-state index contributed by atoms with van der Waals surface area (Å²) in [5, 5.41) is 0. The summed E-state index contributed by atoms with van der Waals surface area (Å²) >= 11 is 1.79. The van der Waals surface area contributed by atoms with Crippen molar-refractivity contribution in [2.24, 2.45) is 5.73 Å². The molecule has 0 bridgehead atoms. The topological polar surface area (TPSA) is 26.0 Å². The summed E-state index contributed by atoms with van der Waals surface area (Å²) in [6.45, 7) is 2.74. The summed E-state index contributed by atoms with van der Waals surface area (Å²) in [5.41, 5.74) is 8.06. The second-order valence-corrected chi connectivity index (χ2v) is 4.83. The average molecular weight is 229 g/mol. The third-order valence-corrected chi connectivity index (χ3v) is 3.67. The van der Waals surface area contributed by atoms with Crippen LogP contribution in [0, 0.1) is 6.92 Å². The maximum atomic E-state index is 5.57. The maximum absolute atomic E-state index is 5.57. The fourth-order valence-electron chi connectivity index (χ4n) is 1.49. The van der Waals surface area contributed by atoms with E-state index in [1.54, 1.807) is 11.8 Å². The molecule has 0 saturated carbocycles. The molecular formula is C14H15NS. The molecule has 0 fully saturated rings. The summed E-state index contributed by atoms with van der Waals surface area (Å²) in [7, 11) is 0. The van der Waals surface area contributed by atoms with Crippen molar-refractivity contribution in [1.29, 1.82) is 0 Å². The van der Waals surface area contributed by atoms with Crippen molar-refractivity contribution in [2.75, 3.05) is 0 Å². The van der Waals surface area contributed by atoms with Crippen LogP contribution in [0.3, 0.4) is 0 Å². The van der Waals surface area contributed by atoms with Gasteiger partial charge in [-0.1, -0.05) is 42.1 Å². The summed E-state index contributed by atoms with van der Waals surface area (Å²) in [5.74, 6) is 0. The second kappa shape index (κ2) is 5.19. The highest BCUT2D eigenvalue weighted by Gasteiger charge is 1.99. The van der Waals surface area contributed by atoms with Crippen molar-refractivity contribution in [1.82, 2.24) is 0 Å². The molecule has 0 unspecified atom stereocenters.